The Balaban J connectivity index is 2.78. The predicted octanol–water partition coefficient (Wildman–Crippen LogP) is 2.83. The van der Waals surface area contributed by atoms with E-state index in [4.69, 9.17) is 5.26 Å². The summed E-state index contributed by atoms with van der Waals surface area (Å²) in [5, 5.41) is 13.9. The topological polar surface area (TPSA) is 82.0 Å². The molecule has 0 fully saturated rings. The van der Waals surface area contributed by atoms with Gasteiger partial charge >= 0.3 is 0 Å². The van der Waals surface area contributed by atoms with Crippen LogP contribution in [0.4, 0.5) is 11.4 Å². The van der Waals surface area contributed by atoms with Crippen LogP contribution in [0.2, 0.25) is 0 Å². The molecule has 0 saturated carbocycles. The van der Waals surface area contributed by atoms with Crippen molar-refractivity contribution >= 4 is 23.2 Å². The van der Waals surface area contributed by atoms with Crippen LogP contribution in [0, 0.1) is 24.2 Å². The van der Waals surface area contributed by atoms with Gasteiger partial charge in [0.1, 0.15) is 6.42 Å². The first-order chi connectivity index (χ1) is 9.42. The van der Waals surface area contributed by atoms with E-state index < -0.39 is 0 Å². The van der Waals surface area contributed by atoms with Crippen LogP contribution in [-0.2, 0) is 9.59 Å². The third-order valence-corrected chi connectivity index (χ3v) is 2.63. The average Bonchev–Trinajstić information content (AvgIpc) is 2.32. The smallest absolute Gasteiger partial charge is 0.238 e. The highest BCUT2D eigenvalue weighted by atomic mass is 16.2. The second kappa shape index (κ2) is 7.29. The second-order valence-corrected chi connectivity index (χ2v) is 5.06. The molecular formula is C15H19N3O2. The highest BCUT2D eigenvalue weighted by Gasteiger charge is 2.08. The highest BCUT2D eigenvalue weighted by Crippen LogP contribution is 2.21. The summed E-state index contributed by atoms with van der Waals surface area (Å²) in [4.78, 5) is 23.1. The van der Waals surface area contributed by atoms with Crippen molar-refractivity contribution in [2.24, 2.45) is 5.92 Å². The number of nitrogens with one attached hydrogen (secondary N) is 2. The van der Waals surface area contributed by atoms with Gasteiger partial charge in [0.25, 0.3) is 0 Å². The predicted molar refractivity (Wildman–Crippen MR) is 78.1 cm³/mol. The van der Waals surface area contributed by atoms with Gasteiger partial charge in [-0.1, -0.05) is 19.9 Å². The first-order valence-electron chi connectivity index (χ1n) is 6.49. The molecular weight excluding hydrogens is 254 g/mol. The van der Waals surface area contributed by atoms with Crippen molar-refractivity contribution in [3.05, 3.63) is 23.8 Å². The van der Waals surface area contributed by atoms with Crippen molar-refractivity contribution in [1.29, 1.82) is 5.26 Å². The molecule has 0 heterocycles. The summed E-state index contributed by atoms with van der Waals surface area (Å²) in [5.74, 6) is -0.130. The molecule has 1 aromatic rings. The minimum atomic E-state index is -0.360. The molecule has 0 aliphatic carbocycles. The lowest BCUT2D eigenvalue weighted by Crippen LogP contribution is -2.15. The zero-order valence-electron chi connectivity index (χ0n) is 12.0. The number of anilines is 2. The molecule has 0 aliphatic heterocycles. The Bertz CT molecular complexity index is 545. The molecule has 0 radical (unpaired) electrons. The molecule has 0 saturated heterocycles. The van der Waals surface area contributed by atoms with E-state index in [2.05, 4.69) is 10.6 Å². The fourth-order valence-corrected chi connectivity index (χ4v) is 1.68. The van der Waals surface area contributed by atoms with Gasteiger partial charge < -0.3 is 10.6 Å². The van der Waals surface area contributed by atoms with Gasteiger partial charge in [-0.05, 0) is 30.5 Å². The zero-order valence-corrected chi connectivity index (χ0v) is 12.0. The lowest BCUT2D eigenvalue weighted by atomic mass is 10.1. The van der Waals surface area contributed by atoms with Crippen LogP contribution in [0.15, 0.2) is 18.2 Å². The number of carbonyl (C=O) groups excluding carboxylic acids is 2. The quantitative estimate of drug-likeness (QED) is 0.865. The van der Waals surface area contributed by atoms with Gasteiger partial charge in [-0.2, -0.15) is 5.26 Å². The SMILES string of the molecule is Cc1ccc(NC(=O)CC(C)C)cc1NC(=O)CC#N. The van der Waals surface area contributed by atoms with Gasteiger partial charge in [0.2, 0.25) is 11.8 Å². The number of hydrogen-bond acceptors (Lipinski definition) is 3. The molecule has 0 unspecified atom stereocenters. The average molecular weight is 273 g/mol. The van der Waals surface area contributed by atoms with E-state index in [1.807, 2.05) is 26.8 Å². The third-order valence-electron chi connectivity index (χ3n) is 2.63. The number of benzene rings is 1. The largest absolute Gasteiger partial charge is 0.326 e. The van der Waals surface area contributed by atoms with E-state index >= 15 is 0 Å². The van der Waals surface area contributed by atoms with Crippen molar-refractivity contribution in [2.75, 3.05) is 10.6 Å². The monoisotopic (exact) mass is 273 g/mol. The Kier molecular flexibility index (Phi) is 5.73. The number of nitrogens with zero attached hydrogens (tertiary/aromatic N) is 1. The van der Waals surface area contributed by atoms with E-state index in [0.717, 1.165) is 5.56 Å². The summed E-state index contributed by atoms with van der Waals surface area (Å²) in [5.41, 5.74) is 2.11. The fourth-order valence-electron chi connectivity index (χ4n) is 1.68. The summed E-state index contributed by atoms with van der Waals surface area (Å²) >= 11 is 0. The molecule has 2 N–H and O–H groups in total. The number of rotatable bonds is 5. The molecule has 1 aromatic carbocycles. The molecule has 0 spiro atoms. The number of hydrogen-bond donors (Lipinski definition) is 2. The van der Waals surface area contributed by atoms with Crippen LogP contribution >= 0.6 is 0 Å². The van der Waals surface area contributed by atoms with E-state index in [-0.39, 0.29) is 24.2 Å². The normalized spacial score (nSPS) is 9.95. The van der Waals surface area contributed by atoms with Crippen LogP contribution in [-0.4, -0.2) is 11.8 Å². The van der Waals surface area contributed by atoms with Crippen LogP contribution in [0.3, 0.4) is 0 Å². The molecule has 0 aromatic heterocycles. The molecule has 5 heteroatoms. The van der Waals surface area contributed by atoms with Crippen molar-refractivity contribution in [3.63, 3.8) is 0 Å². The molecule has 0 atom stereocenters. The molecule has 1 rings (SSSR count). The number of nitriles is 1. The van der Waals surface area contributed by atoms with Gasteiger partial charge in [-0.25, -0.2) is 0 Å². The Morgan fingerprint density at radius 2 is 1.95 bits per heavy atom. The number of aryl methyl sites for hydroxylation is 1. The van der Waals surface area contributed by atoms with Crippen LogP contribution in [0.1, 0.15) is 32.3 Å². The zero-order chi connectivity index (χ0) is 15.1. The molecule has 106 valence electrons. The van der Waals surface area contributed by atoms with Crippen molar-refractivity contribution in [3.8, 4) is 6.07 Å². The van der Waals surface area contributed by atoms with Gasteiger partial charge in [-0.3, -0.25) is 9.59 Å². The number of carbonyl (C=O) groups is 2. The summed E-state index contributed by atoms with van der Waals surface area (Å²) in [6.07, 6.45) is 0.257. The van der Waals surface area contributed by atoms with E-state index in [9.17, 15) is 9.59 Å². The Morgan fingerprint density at radius 1 is 1.25 bits per heavy atom. The van der Waals surface area contributed by atoms with E-state index in [0.29, 0.717) is 17.8 Å². The Morgan fingerprint density at radius 3 is 2.55 bits per heavy atom. The fraction of sp³-hybridized carbons (Fsp3) is 0.400. The first-order valence-corrected chi connectivity index (χ1v) is 6.49. The summed E-state index contributed by atoms with van der Waals surface area (Å²) in [6, 6.07) is 7.09. The third kappa shape index (κ3) is 5.11. The lowest BCUT2D eigenvalue weighted by Gasteiger charge is -2.11. The summed E-state index contributed by atoms with van der Waals surface area (Å²) in [6.45, 7) is 5.80. The second-order valence-electron chi connectivity index (χ2n) is 5.06. The van der Waals surface area contributed by atoms with Crippen molar-refractivity contribution in [2.45, 2.75) is 33.6 Å². The van der Waals surface area contributed by atoms with Crippen LogP contribution in [0.5, 0.6) is 0 Å². The van der Waals surface area contributed by atoms with E-state index in [1.165, 1.54) is 0 Å². The molecule has 2 amide bonds. The van der Waals surface area contributed by atoms with Crippen molar-refractivity contribution < 1.29 is 9.59 Å². The molecule has 0 bridgehead atoms. The molecule has 5 nitrogen and oxygen atoms in total. The van der Waals surface area contributed by atoms with E-state index in [1.54, 1.807) is 18.2 Å². The highest BCUT2D eigenvalue weighted by molar-refractivity contribution is 5.95. The van der Waals surface area contributed by atoms with Gasteiger partial charge in [-0.15, -0.1) is 0 Å². The van der Waals surface area contributed by atoms with Crippen molar-refractivity contribution in [1.82, 2.24) is 0 Å². The molecule has 0 aliphatic rings. The number of amides is 2. The maximum absolute atomic E-state index is 11.7. The maximum Gasteiger partial charge on any atom is 0.238 e. The van der Waals surface area contributed by atoms with Crippen LogP contribution in [0.25, 0.3) is 0 Å². The van der Waals surface area contributed by atoms with Gasteiger partial charge in [0.05, 0.1) is 6.07 Å². The van der Waals surface area contributed by atoms with Crippen LogP contribution < -0.4 is 10.6 Å². The standard InChI is InChI=1S/C15H19N3O2/c1-10(2)8-15(20)17-12-5-4-11(3)13(9-12)18-14(19)6-7-16/h4-5,9-10H,6,8H2,1-3H3,(H,17,20)(H,18,19). The Labute approximate surface area is 119 Å². The first kappa shape index (κ1) is 15.7. The molecule has 20 heavy (non-hydrogen) atoms. The summed E-state index contributed by atoms with van der Waals surface area (Å²) in [7, 11) is 0. The lowest BCUT2D eigenvalue weighted by molar-refractivity contribution is -0.117. The minimum Gasteiger partial charge on any atom is -0.326 e. The maximum atomic E-state index is 11.7. The van der Waals surface area contributed by atoms with Gasteiger partial charge in [0.15, 0.2) is 0 Å². The minimum absolute atomic E-state index is 0.0573. The summed E-state index contributed by atoms with van der Waals surface area (Å²) < 4.78 is 0. The van der Waals surface area contributed by atoms with Gasteiger partial charge in [0, 0.05) is 17.8 Å². The Hall–Kier alpha value is -2.35.